The van der Waals surface area contributed by atoms with Crippen LogP contribution in [0.2, 0.25) is 0 Å². The second kappa shape index (κ2) is 7.16. The maximum absolute atomic E-state index is 11.1. The number of hydrogen-bond donors (Lipinski definition) is 2. The van der Waals surface area contributed by atoms with Crippen molar-refractivity contribution < 1.29 is 5.11 Å². The Balaban J connectivity index is 2.11. The van der Waals surface area contributed by atoms with Crippen molar-refractivity contribution >= 4 is 0 Å². The van der Waals surface area contributed by atoms with E-state index in [2.05, 4.69) is 63.9 Å². The summed E-state index contributed by atoms with van der Waals surface area (Å²) in [6, 6.07) is 5.12. The maximum atomic E-state index is 11.1. The molecule has 0 amide bonds. The third kappa shape index (κ3) is 3.94. The number of piperazine rings is 1. The Labute approximate surface area is 160 Å². The fraction of sp³-hybridized carbons (Fsp3) is 0.739. The van der Waals surface area contributed by atoms with Gasteiger partial charge in [-0.05, 0) is 58.4 Å². The minimum atomic E-state index is -0.0618. The molecule has 2 aliphatic rings. The molecule has 1 aliphatic carbocycles. The highest BCUT2D eigenvalue weighted by Crippen LogP contribution is 2.46. The summed E-state index contributed by atoms with van der Waals surface area (Å²) in [5.41, 5.74) is 3.49. The minimum absolute atomic E-state index is 0.0618. The smallest absolute Gasteiger partial charge is 0.123 e. The van der Waals surface area contributed by atoms with Gasteiger partial charge in [0.05, 0.1) is 0 Å². The number of nitrogens with zero attached hydrogens (tertiary/aromatic N) is 1. The molecule has 0 aromatic heterocycles. The van der Waals surface area contributed by atoms with Crippen molar-refractivity contribution in [2.75, 3.05) is 26.2 Å². The Morgan fingerprint density at radius 2 is 1.46 bits per heavy atom. The van der Waals surface area contributed by atoms with Crippen molar-refractivity contribution in [2.24, 2.45) is 5.92 Å². The second-order valence-electron chi connectivity index (χ2n) is 10.4. The number of rotatable bonds is 3. The van der Waals surface area contributed by atoms with E-state index < -0.39 is 0 Å². The summed E-state index contributed by atoms with van der Waals surface area (Å²) in [5.74, 6) is 1.26. The van der Waals surface area contributed by atoms with Crippen LogP contribution in [-0.2, 0) is 10.8 Å². The van der Waals surface area contributed by atoms with Crippen molar-refractivity contribution in [3.63, 3.8) is 0 Å². The zero-order valence-corrected chi connectivity index (χ0v) is 17.7. The van der Waals surface area contributed by atoms with Crippen molar-refractivity contribution in [3.05, 3.63) is 28.8 Å². The lowest BCUT2D eigenvalue weighted by Gasteiger charge is -2.44. The highest BCUT2D eigenvalue weighted by molar-refractivity contribution is 5.50. The van der Waals surface area contributed by atoms with Gasteiger partial charge in [0.25, 0.3) is 0 Å². The molecule has 1 heterocycles. The van der Waals surface area contributed by atoms with Gasteiger partial charge >= 0.3 is 0 Å². The van der Waals surface area contributed by atoms with Crippen molar-refractivity contribution in [2.45, 2.75) is 77.7 Å². The Morgan fingerprint density at radius 1 is 0.962 bits per heavy atom. The molecule has 2 fully saturated rings. The molecule has 1 aromatic rings. The van der Waals surface area contributed by atoms with Crippen LogP contribution < -0.4 is 5.32 Å². The standard InChI is InChI=1S/C23H38N2O/c1-22(2,3)18-14-17(15-19(21(18)26)23(4,5)6)20(16-8-7-9-16)25-12-10-24-11-13-25/h14-16,20,24,26H,7-13H2,1-6H3/t20-/m0/s1. The van der Waals surface area contributed by atoms with Crippen molar-refractivity contribution in [3.8, 4) is 5.75 Å². The lowest BCUT2D eigenvalue weighted by Crippen LogP contribution is -2.48. The Kier molecular flexibility index (Phi) is 5.43. The average molecular weight is 359 g/mol. The quantitative estimate of drug-likeness (QED) is 0.820. The molecule has 3 nitrogen and oxygen atoms in total. The number of phenols is 1. The van der Waals surface area contributed by atoms with Gasteiger partial charge in [0, 0.05) is 32.2 Å². The molecule has 146 valence electrons. The highest BCUT2D eigenvalue weighted by atomic mass is 16.3. The van der Waals surface area contributed by atoms with E-state index in [9.17, 15) is 5.11 Å². The van der Waals surface area contributed by atoms with E-state index in [0.29, 0.717) is 11.8 Å². The van der Waals surface area contributed by atoms with Crippen LogP contribution in [0.1, 0.15) is 83.5 Å². The molecular weight excluding hydrogens is 320 g/mol. The topological polar surface area (TPSA) is 35.5 Å². The second-order valence-corrected chi connectivity index (χ2v) is 10.4. The zero-order valence-electron chi connectivity index (χ0n) is 17.7. The van der Waals surface area contributed by atoms with Gasteiger partial charge in [-0.2, -0.15) is 0 Å². The van der Waals surface area contributed by atoms with E-state index in [1.165, 1.54) is 24.8 Å². The Bertz CT molecular complexity index is 594. The molecular formula is C23H38N2O. The van der Waals surface area contributed by atoms with Crippen molar-refractivity contribution in [1.82, 2.24) is 10.2 Å². The van der Waals surface area contributed by atoms with Gasteiger partial charge in [0.1, 0.15) is 5.75 Å². The lowest BCUT2D eigenvalue weighted by atomic mass is 9.72. The summed E-state index contributed by atoms with van der Waals surface area (Å²) < 4.78 is 0. The minimum Gasteiger partial charge on any atom is -0.507 e. The maximum Gasteiger partial charge on any atom is 0.123 e. The molecule has 1 aliphatic heterocycles. The van der Waals surface area contributed by atoms with Crippen LogP contribution in [0.25, 0.3) is 0 Å². The fourth-order valence-corrected chi connectivity index (χ4v) is 4.47. The number of phenolic OH excluding ortho intramolecular Hbond substituents is 1. The van der Waals surface area contributed by atoms with Crippen LogP contribution in [0, 0.1) is 5.92 Å². The molecule has 1 saturated carbocycles. The molecule has 1 aromatic carbocycles. The first-order chi connectivity index (χ1) is 12.1. The van der Waals surface area contributed by atoms with Crippen LogP contribution in [-0.4, -0.2) is 36.2 Å². The van der Waals surface area contributed by atoms with E-state index in [0.717, 1.165) is 43.2 Å². The van der Waals surface area contributed by atoms with Gasteiger partial charge in [-0.1, -0.05) is 48.0 Å². The van der Waals surface area contributed by atoms with Crippen LogP contribution in [0.15, 0.2) is 12.1 Å². The number of benzene rings is 1. The molecule has 26 heavy (non-hydrogen) atoms. The Morgan fingerprint density at radius 3 is 1.85 bits per heavy atom. The van der Waals surface area contributed by atoms with Crippen molar-refractivity contribution in [1.29, 1.82) is 0 Å². The zero-order chi connectivity index (χ0) is 19.1. The largest absolute Gasteiger partial charge is 0.507 e. The monoisotopic (exact) mass is 358 g/mol. The van der Waals surface area contributed by atoms with Crippen LogP contribution in [0.4, 0.5) is 0 Å². The molecule has 3 rings (SSSR count). The Hall–Kier alpha value is -1.06. The number of hydrogen-bond acceptors (Lipinski definition) is 3. The molecule has 0 radical (unpaired) electrons. The molecule has 1 saturated heterocycles. The van der Waals surface area contributed by atoms with E-state index in [4.69, 9.17) is 0 Å². The van der Waals surface area contributed by atoms with Gasteiger partial charge in [-0.25, -0.2) is 0 Å². The fourth-order valence-electron chi connectivity index (χ4n) is 4.47. The third-order valence-electron chi connectivity index (χ3n) is 6.23. The van der Waals surface area contributed by atoms with Crippen LogP contribution in [0.5, 0.6) is 5.75 Å². The molecule has 2 N–H and O–H groups in total. The number of aromatic hydroxyl groups is 1. The summed E-state index contributed by atoms with van der Waals surface area (Å²) in [5, 5.41) is 14.6. The van der Waals surface area contributed by atoms with Gasteiger partial charge < -0.3 is 10.4 Å². The number of nitrogens with one attached hydrogen (secondary N) is 1. The third-order valence-corrected chi connectivity index (χ3v) is 6.23. The normalized spacial score (nSPS) is 21.5. The van der Waals surface area contributed by atoms with E-state index in [-0.39, 0.29) is 10.8 Å². The van der Waals surface area contributed by atoms with E-state index >= 15 is 0 Å². The molecule has 1 atom stereocenters. The van der Waals surface area contributed by atoms with E-state index in [1.54, 1.807) is 0 Å². The van der Waals surface area contributed by atoms with Gasteiger partial charge in [0.15, 0.2) is 0 Å². The first-order valence-corrected chi connectivity index (χ1v) is 10.4. The van der Waals surface area contributed by atoms with Gasteiger partial charge in [-0.3, -0.25) is 4.90 Å². The van der Waals surface area contributed by atoms with Crippen LogP contribution >= 0.6 is 0 Å². The summed E-state index contributed by atoms with van der Waals surface area (Å²) in [7, 11) is 0. The summed E-state index contributed by atoms with van der Waals surface area (Å²) in [6.45, 7) is 17.7. The predicted molar refractivity (Wildman–Crippen MR) is 110 cm³/mol. The highest BCUT2D eigenvalue weighted by Gasteiger charge is 2.36. The average Bonchev–Trinajstić information content (AvgIpc) is 2.50. The SMILES string of the molecule is CC(C)(C)c1cc([C@H](C2CCC2)N2CCNCC2)cc(C(C)(C)C)c1O. The van der Waals surface area contributed by atoms with Crippen LogP contribution in [0.3, 0.4) is 0 Å². The van der Waals surface area contributed by atoms with E-state index in [1.807, 2.05) is 0 Å². The molecule has 3 heteroatoms. The summed E-state index contributed by atoms with van der Waals surface area (Å²) in [4.78, 5) is 2.69. The lowest BCUT2D eigenvalue weighted by molar-refractivity contribution is 0.0834. The van der Waals surface area contributed by atoms with Gasteiger partial charge in [0.2, 0.25) is 0 Å². The molecule has 0 bridgehead atoms. The first-order valence-electron chi connectivity index (χ1n) is 10.4. The summed E-state index contributed by atoms with van der Waals surface area (Å²) >= 11 is 0. The summed E-state index contributed by atoms with van der Waals surface area (Å²) in [6.07, 6.45) is 4.04. The molecule has 0 spiro atoms. The predicted octanol–water partition coefficient (Wildman–Crippen LogP) is 4.73. The van der Waals surface area contributed by atoms with Gasteiger partial charge in [-0.15, -0.1) is 0 Å². The molecule has 0 unspecified atom stereocenters. The first kappa shape index (κ1) is 19.7.